The summed E-state index contributed by atoms with van der Waals surface area (Å²) in [5.41, 5.74) is 1.06. The van der Waals surface area contributed by atoms with Crippen LogP contribution in [-0.4, -0.2) is 43.2 Å². The van der Waals surface area contributed by atoms with Gasteiger partial charge in [0.05, 0.1) is 13.7 Å². The number of hydrogen-bond donors (Lipinski definition) is 2. The highest BCUT2D eigenvalue weighted by Gasteiger charge is 2.08. The van der Waals surface area contributed by atoms with Crippen LogP contribution in [0.4, 0.5) is 11.6 Å². The van der Waals surface area contributed by atoms with Gasteiger partial charge in [-0.25, -0.2) is 9.97 Å². The van der Waals surface area contributed by atoms with Gasteiger partial charge in [-0.15, -0.1) is 0 Å². The summed E-state index contributed by atoms with van der Waals surface area (Å²) in [7, 11) is 3.17. The number of anilines is 2. The van der Waals surface area contributed by atoms with E-state index in [1.54, 1.807) is 20.3 Å². The van der Waals surface area contributed by atoms with E-state index in [4.69, 9.17) is 9.47 Å². The monoisotopic (exact) mass is 302 g/mol. The molecule has 0 fully saturated rings. The number of carbonyl (C=O) groups is 1. The van der Waals surface area contributed by atoms with E-state index >= 15 is 0 Å². The van der Waals surface area contributed by atoms with Crippen molar-refractivity contribution in [2.24, 2.45) is 0 Å². The molecule has 22 heavy (non-hydrogen) atoms. The van der Waals surface area contributed by atoms with E-state index in [1.807, 2.05) is 24.3 Å². The Bertz CT molecular complexity index is 634. The second kappa shape index (κ2) is 7.94. The summed E-state index contributed by atoms with van der Waals surface area (Å²) in [5.74, 6) is 0.791. The van der Waals surface area contributed by atoms with Crippen LogP contribution in [0.1, 0.15) is 10.5 Å². The molecule has 0 bridgehead atoms. The number of nitrogens with zero attached hydrogens (tertiary/aromatic N) is 2. The molecular formula is C15H18N4O3. The first-order valence-corrected chi connectivity index (χ1v) is 6.74. The lowest BCUT2D eigenvalue weighted by Gasteiger charge is -2.08. The van der Waals surface area contributed by atoms with Crippen LogP contribution in [0.3, 0.4) is 0 Å². The smallest absolute Gasteiger partial charge is 0.270 e. The largest absolute Gasteiger partial charge is 0.497 e. The van der Waals surface area contributed by atoms with E-state index in [1.165, 1.54) is 6.20 Å². The minimum Gasteiger partial charge on any atom is -0.497 e. The van der Waals surface area contributed by atoms with Gasteiger partial charge in [0.25, 0.3) is 5.91 Å². The van der Waals surface area contributed by atoms with Gasteiger partial charge in [0.2, 0.25) is 5.95 Å². The molecule has 1 aromatic heterocycles. The van der Waals surface area contributed by atoms with Gasteiger partial charge in [-0.05, 0) is 18.2 Å². The Labute approximate surface area is 128 Å². The van der Waals surface area contributed by atoms with Crippen LogP contribution >= 0.6 is 0 Å². The molecule has 0 spiro atoms. The maximum absolute atomic E-state index is 11.9. The molecule has 0 unspecified atom stereocenters. The highest BCUT2D eigenvalue weighted by atomic mass is 16.5. The first-order chi connectivity index (χ1) is 10.7. The van der Waals surface area contributed by atoms with Crippen molar-refractivity contribution in [1.82, 2.24) is 15.3 Å². The lowest BCUT2D eigenvalue weighted by Crippen LogP contribution is -2.27. The molecule has 2 N–H and O–H groups in total. The zero-order valence-electron chi connectivity index (χ0n) is 12.5. The highest BCUT2D eigenvalue weighted by molar-refractivity contribution is 5.92. The fourth-order valence-electron chi connectivity index (χ4n) is 1.73. The maximum Gasteiger partial charge on any atom is 0.270 e. The highest BCUT2D eigenvalue weighted by Crippen LogP contribution is 2.19. The molecule has 2 rings (SSSR count). The first kappa shape index (κ1) is 15.7. The van der Waals surface area contributed by atoms with E-state index in [9.17, 15) is 4.79 Å². The number of ether oxygens (including phenoxy) is 2. The Hall–Kier alpha value is -2.67. The minimum absolute atomic E-state index is 0.270. The van der Waals surface area contributed by atoms with Crippen molar-refractivity contribution in [1.29, 1.82) is 0 Å². The molecule has 7 heteroatoms. The van der Waals surface area contributed by atoms with Gasteiger partial charge in [0, 0.05) is 31.6 Å². The molecule has 0 saturated carbocycles. The van der Waals surface area contributed by atoms with Gasteiger partial charge < -0.3 is 20.1 Å². The molecule has 1 heterocycles. The van der Waals surface area contributed by atoms with Crippen LogP contribution in [0.25, 0.3) is 0 Å². The van der Waals surface area contributed by atoms with Crippen molar-refractivity contribution in [3.05, 3.63) is 42.2 Å². The predicted molar refractivity (Wildman–Crippen MR) is 82.5 cm³/mol. The number of hydrogen-bond acceptors (Lipinski definition) is 6. The van der Waals surface area contributed by atoms with Gasteiger partial charge in [0.15, 0.2) is 0 Å². The predicted octanol–water partition coefficient (Wildman–Crippen LogP) is 1.60. The number of carbonyl (C=O) groups excluding carboxylic acids is 1. The SMILES string of the molecule is COCCNC(=O)c1ccnc(Nc2cccc(OC)c2)n1. The number of amides is 1. The number of nitrogens with one attached hydrogen (secondary N) is 2. The van der Waals surface area contributed by atoms with Gasteiger partial charge in [0.1, 0.15) is 11.4 Å². The van der Waals surface area contributed by atoms with Crippen molar-refractivity contribution in [3.8, 4) is 5.75 Å². The number of benzene rings is 1. The zero-order valence-corrected chi connectivity index (χ0v) is 12.5. The van der Waals surface area contributed by atoms with Crippen molar-refractivity contribution in [2.45, 2.75) is 0 Å². The summed E-state index contributed by atoms with van der Waals surface area (Å²) < 4.78 is 10.0. The van der Waals surface area contributed by atoms with E-state index in [0.717, 1.165) is 11.4 Å². The Morgan fingerprint density at radius 3 is 2.91 bits per heavy atom. The van der Waals surface area contributed by atoms with Crippen LogP contribution in [-0.2, 0) is 4.74 Å². The Morgan fingerprint density at radius 2 is 2.14 bits per heavy atom. The molecule has 0 aliphatic rings. The number of methoxy groups -OCH3 is 2. The third kappa shape index (κ3) is 4.42. The molecule has 0 atom stereocenters. The summed E-state index contributed by atoms with van der Waals surface area (Å²) in [6, 6.07) is 8.92. The molecule has 1 amide bonds. The van der Waals surface area contributed by atoms with Gasteiger partial charge >= 0.3 is 0 Å². The van der Waals surface area contributed by atoms with Crippen LogP contribution in [0, 0.1) is 0 Å². The van der Waals surface area contributed by atoms with Crippen LogP contribution in [0.2, 0.25) is 0 Å². The Morgan fingerprint density at radius 1 is 1.27 bits per heavy atom. The second-order valence-electron chi connectivity index (χ2n) is 4.37. The summed E-state index contributed by atoms with van der Waals surface area (Å²) in [6.07, 6.45) is 1.53. The van der Waals surface area contributed by atoms with Crippen LogP contribution in [0.5, 0.6) is 5.75 Å². The standard InChI is InChI=1S/C15H18N4O3/c1-21-9-8-16-14(20)13-6-7-17-15(19-13)18-11-4-3-5-12(10-11)22-2/h3-7,10H,8-9H2,1-2H3,(H,16,20)(H,17,18,19). The molecule has 0 aliphatic carbocycles. The van der Waals surface area contributed by atoms with E-state index in [0.29, 0.717) is 19.1 Å². The van der Waals surface area contributed by atoms with E-state index in [-0.39, 0.29) is 11.6 Å². The summed E-state index contributed by atoms with van der Waals surface area (Å²) in [5, 5.41) is 5.74. The summed E-state index contributed by atoms with van der Waals surface area (Å²) in [4.78, 5) is 20.2. The molecule has 2 aromatic rings. The zero-order chi connectivity index (χ0) is 15.8. The van der Waals surface area contributed by atoms with Gasteiger partial charge in [-0.1, -0.05) is 6.07 Å². The Balaban J connectivity index is 2.06. The van der Waals surface area contributed by atoms with Crippen molar-refractivity contribution in [2.75, 3.05) is 32.7 Å². The van der Waals surface area contributed by atoms with E-state index < -0.39 is 0 Å². The number of aromatic nitrogens is 2. The molecule has 7 nitrogen and oxygen atoms in total. The summed E-state index contributed by atoms with van der Waals surface area (Å²) >= 11 is 0. The maximum atomic E-state index is 11.9. The topological polar surface area (TPSA) is 85.4 Å². The van der Waals surface area contributed by atoms with Crippen LogP contribution in [0.15, 0.2) is 36.5 Å². The lowest BCUT2D eigenvalue weighted by atomic mass is 10.3. The average Bonchev–Trinajstić information content (AvgIpc) is 2.55. The fourth-order valence-corrected chi connectivity index (χ4v) is 1.73. The molecular weight excluding hydrogens is 284 g/mol. The van der Waals surface area contributed by atoms with Crippen molar-refractivity contribution >= 4 is 17.5 Å². The van der Waals surface area contributed by atoms with Crippen molar-refractivity contribution in [3.63, 3.8) is 0 Å². The number of rotatable bonds is 7. The molecule has 116 valence electrons. The van der Waals surface area contributed by atoms with Gasteiger partial charge in [-0.2, -0.15) is 0 Å². The lowest BCUT2D eigenvalue weighted by molar-refractivity contribution is 0.0932. The minimum atomic E-state index is -0.270. The second-order valence-corrected chi connectivity index (χ2v) is 4.37. The quantitative estimate of drug-likeness (QED) is 0.756. The molecule has 0 aliphatic heterocycles. The van der Waals surface area contributed by atoms with E-state index in [2.05, 4.69) is 20.6 Å². The fraction of sp³-hybridized carbons (Fsp3) is 0.267. The summed E-state index contributed by atoms with van der Waals surface area (Å²) in [6.45, 7) is 0.879. The van der Waals surface area contributed by atoms with Crippen molar-refractivity contribution < 1.29 is 14.3 Å². The third-order valence-electron chi connectivity index (χ3n) is 2.81. The third-order valence-corrected chi connectivity index (χ3v) is 2.81. The molecule has 1 aromatic carbocycles. The Kier molecular flexibility index (Phi) is 5.67. The normalized spacial score (nSPS) is 10.1. The average molecular weight is 302 g/mol. The molecule has 0 radical (unpaired) electrons. The van der Waals surface area contributed by atoms with Crippen LogP contribution < -0.4 is 15.4 Å². The molecule has 0 saturated heterocycles. The first-order valence-electron chi connectivity index (χ1n) is 6.74. The van der Waals surface area contributed by atoms with Gasteiger partial charge in [-0.3, -0.25) is 4.79 Å².